The molecule has 2 aromatic rings. The van der Waals surface area contributed by atoms with Gasteiger partial charge in [-0.15, -0.1) is 0 Å². The summed E-state index contributed by atoms with van der Waals surface area (Å²) >= 11 is 5.99. The largest absolute Gasteiger partial charge is 0.494 e. The topological polar surface area (TPSA) is 62.7 Å². The van der Waals surface area contributed by atoms with Crippen LogP contribution in [0.1, 0.15) is 12.5 Å². The van der Waals surface area contributed by atoms with Gasteiger partial charge in [0.25, 0.3) is 5.91 Å². The standard InChI is InChI=1S/C17H18ClN3O2/c1-2-23-15-9-7-14(8-10-15)19-12-17(22)21-20-11-13-5-3-4-6-16(13)18/h3-11,19H,2,12H2,1H3,(H,21,22)/b20-11-. The number of rotatable bonds is 7. The third kappa shape index (κ3) is 5.64. The van der Waals surface area contributed by atoms with Crippen molar-refractivity contribution in [3.8, 4) is 5.75 Å². The van der Waals surface area contributed by atoms with Crippen molar-refractivity contribution in [1.82, 2.24) is 5.43 Å². The minimum absolute atomic E-state index is 0.119. The molecule has 0 aliphatic carbocycles. The lowest BCUT2D eigenvalue weighted by atomic mass is 10.2. The Balaban J connectivity index is 1.78. The minimum atomic E-state index is -0.248. The van der Waals surface area contributed by atoms with E-state index < -0.39 is 0 Å². The molecule has 0 aliphatic heterocycles. The highest BCUT2D eigenvalue weighted by Crippen LogP contribution is 2.15. The van der Waals surface area contributed by atoms with E-state index in [-0.39, 0.29) is 12.5 Å². The highest BCUT2D eigenvalue weighted by molar-refractivity contribution is 6.33. The summed E-state index contributed by atoms with van der Waals surface area (Å²) in [6, 6.07) is 14.7. The van der Waals surface area contributed by atoms with Crippen LogP contribution in [0.5, 0.6) is 5.75 Å². The molecule has 0 bridgehead atoms. The molecule has 0 unspecified atom stereocenters. The van der Waals surface area contributed by atoms with Gasteiger partial charge in [-0.2, -0.15) is 5.10 Å². The fourth-order valence-electron chi connectivity index (χ4n) is 1.81. The average Bonchev–Trinajstić information content (AvgIpc) is 2.56. The molecule has 0 atom stereocenters. The Hall–Kier alpha value is -2.53. The Labute approximate surface area is 140 Å². The predicted molar refractivity (Wildman–Crippen MR) is 93.3 cm³/mol. The Kier molecular flexibility index (Phi) is 6.44. The SMILES string of the molecule is CCOc1ccc(NCC(=O)N/N=C\c2ccccc2Cl)cc1. The van der Waals surface area contributed by atoms with E-state index >= 15 is 0 Å². The molecule has 0 aliphatic rings. The highest BCUT2D eigenvalue weighted by Gasteiger charge is 2.00. The first-order valence-corrected chi connectivity index (χ1v) is 7.60. The number of hydrazone groups is 1. The van der Waals surface area contributed by atoms with Crippen LogP contribution < -0.4 is 15.5 Å². The maximum atomic E-state index is 11.7. The summed E-state index contributed by atoms with van der Waals surface area (Å²) in [5, 5.41) is 7.47. The molecule has 0 saturated heterocycles. The van der Waals surface area contributed by atoms with E-state index in [0.29, 0.717) is 11.6 Å². The molecule has 2 aromatic carbocycles. The first-order valence-electron chi connectivity index (χ1n) is 7.22. The van der Waals surface area contributed by atoms with E-state index in [9.17, 15) is 4.79 Å². The van der Waals surface area contributed by atoms with Crippen LogP contribution in [0.4, 0.5) is 5.69 Å². The third-order valence-electron chi connectivity index (χ3n) is 2.92. The van der Waals surface area contributed by atoms with Crippen LogP contribution in [0.2, 0.25) is 5.02 Å². The van der Waals surface area contributed by atoms with E-state index in [0.717, 1.165) is 17.0 Å². The van der Waals surface area contributed by atoms with E-state index in [2.05, 4.69) is 15.8 Å². The predicted octanol–water partition coefficient (Wildman–Crippen LogP) is 3.30. The van der Waals surface area contributed by atoms with Gasteiger partial charge in [0.05, 0.1) is 19.4 Å². The summed E-state index contributed by atoms with van der Waals surface area (Å²) in [6.07, 6.45) is 1.51. The average molecular weight is 332 g/mol. The van der Waals surface area contributed by atoms with Gasteiger partial charge in [0.1, 0.15) is 5.75 Å². The number of halogens is 1. The number of carbonyl (C=O) groups excluding carboxylic acids is 1. The van der Waals surface area contributed by atoms with Gasteiger partial charge in [0.2, 0.25) is 0 Å². The number of nitrogens with zero attached hydrogens (tertiary/aromatic N) is 1. The van der Waals surface area contributed by atoms with Gasteiger partial charge in [-0.3, -0.25) is 4.79 Å². The maximum absolute atomic E-state index is 11.7. The van der Waals surface area contributed by atoms with Gasteiger partial charge in [-0.25, -0.2) is 5.43 Å². The smallest absolute Gasteiger partial charge is 0.259 e. The molecule has 1 amide bonds. The van der Waals surface area contributed by atoms with Crippen LogP contribution in [0.25, 0.3) is 0 Å². The van der Waals surface area contributed by atoms with Crippen molar-refractivity contribution in [2.75, 3.05) is 18.5 Å². The number of benzene rings is 2. The number of anilines is 1. The zero-order valence-electron chi connectivity index (χ0n) is 12.8. The van der Waals surface area contributed by atoms with Crippen molar-refractivity contribution in [3.63, 3.8) is 0 Å². The van der Waals surface area contributed by atoms with Crippen molar-refractivity contribution in [1.29, 1.82) is 0 Å². The highest BCUT2D eigenvalue weighted by atomic mass is 35.5. The van der Waals surface area contributed by atoms with Gasteiger partial charge in [0.15, 0.2) is 0 Å². The van der Waals surface area contributed by atoms with Crippen LogP contribution in [-0.4, -0.2) is 25.3 Å². The Morgan fingerprint density at radius 3 is 2.65 bits per heavy atom. The molecule has 0 radical (unpaired) electrons. The second-order valence-electron chi connectivity index (χ2n) is 4.63. The number of ether oxygens (including phenoxy) is 1. The third-order valence-corrected chi connectivity index (χ3v) is 3.26. The molecule has 0 heterocycles. The number of hydrogen-bond acceptors (Lipinski definition) is 4. The molecular formula is C17H18ClN3O2. The van der Waals surface area contributed by atoms with E-state index in [1.165, 1.54) is 6.21 Å². The molecule has 0 saturated carbocycles. The summed E-state index contributed by atoms with van der Waals surface area (Å²) in [4.78, 5) is 11.7. The van der Waals surface area contributed by atoms with Crippen molar-refractivity contribution in [2.24, 2.45) is 5.10 Å². The molecule has 5 nitrogen and oxygen atoms in total. The first-order chi connectivity index (χ1) is 11.2. The Morgan fingerprint density at radius 1 is 1.22 bits per heavy atom. The van der Waals surface area contributed by atoms with Crippen LogP contribution in [0.3, 0.4) is 0 Å². The zero-order chi connectivity index (χ0) is 16.5. The lowest BCUT2D eigenvalue weighted by molar-refractivity contribution is -0.119. The Morgan fingerprint density at radius 2 is 1.96 bits per heavy atom. The molecule has 0 aromatic heterocycles. The first kappa shape index (κ1) is 16.8. The number of amides is 1. The van der Waals surface area contributed by atoms with E-state index in [4.69, 9.17) is 16.3 Å². The molecule has 2 rings (SSSR count). The van der Waals surface area contributed by atoms with Gasteiger partial charge in [-0.05, 0) is 37.3 Å². The summed E-state index contributed by atoms with van der Waals surface area (Å²) in [5.74, 6) is 0.550. The fraction of sp³-hybridized carbons (Fsp3) is 0.176. The van der Waals surface area contributed by atoms with Gasteiger partial charge < -0.3 is 10.1 Å². The summed E-state index contributed by atoms with van der Waals surface area (Å²) in [5.41, 5.74) is 4.02. The van der Waals surface area contributed by atoms with Crippen LogP contribution in [0, 0.1) is 0 Å². The van der Waals surface area contributed by atoms with Crippen LogP contribution >= 0.6 is 11.6 Å². The van der Waals surface area contributed by atoms with Crippen LogP contribution in [-0.2, 0) is 4.79 Å². The maximum Gasteiger partial charge on any atom is 0.259 e. The number of nitrogens with one attached hydrogen (secondary N) is 2. The molecule has 0 fully saturated rings. The summed E-state index contributed by atoms with van der Waals surface area (Å²) < 4.78 is 5.35. The van der Waals surface area contributed by atoms with Gasteiger partial charge >= 0.3 is 0 Å². The Bertz CT molecular complexity index is 672. The van der Waals surface area contributed by atoms with Gasteiger partial charge in [0, 0.05) is 16.3 Å². The molecular weight excluding hydrogens is 314 g/mol. The molecule has 0 spiro atoms. The summed E-state index contributed by atoms with van der Waals surface area (Å²) in [6.45, 7) is 2.67. The molecule has 2 N–H and O–H groups in total. The lowest BCUT2D eigenvalue weighted by Crippen LogP contribution is -2.25. The van der Waals surface area contributed by atoms with Crippen molar-refractivity contribution < 1.29 is 9.53 Å². The van der Waals surface area contributed by atoms with Crippen molar-refractivity contribution in [3.05, 3.63) is 59.1 Å². The fourth-order valence-corrected chi connectivity index (χ4v) is 2.00. The zero-order valence-corrected chi connectivity index (χ0v) is 13.5. The normalized spacial score (nSPS) is 10.5. The molecule has 6 heteroatoms. The minimum Gasteiger partial charge on any atom is -0.494 e. The van der Waals surface area contributed by atoms with Crippen molar-refractivity contribution >= 4 is 29.4 Å². The summed E-state index contributed by atoms with van der Waals surface area (Å²) in [7, 11) is 0. The second kappa shape index (κ2) is 8.80. The van der Waals surface area contributed by atoms with E-state index in [1.807, 2.05) is 49.4 Å². The lowest BCUT2D eigenvalue weighted by Gasteiger charge is -2.07. The van der Waals surface area contributed by atoms with Crippen LogP contribution in [0.15, 0.2) is 53.6 Å². The monoisotopic (exact) mass is 331 g/mol. The quantitative estimate of drug-likeness (QED) is 0.604. The van der Waals surface area contributed by atoms with E-state index in [1.54, 1.807) is 6.07 Å². The second-order valence-corrected chi connectivity index (χ2v) is 5.03. The molecule has 120 valence electrons. The number of carbonyl (C=O) groups is 1. The van der Waals surface area contributed by atoms with Gasteiger partial charge in [-0.1, -0.05) is 29.8 Å². The number of hydrogen-bond donors (Lipinski definition) is 2. The molecule has 23 heavy (non-hydrogen) atoms. The van der Waals surface area contributed by atoms with Crippen molar-refractivity contribution in [2.45, 2.75) is 6.92 Å².